The Kier molecular flexibility index (Phi) is 5.03. The van der Waals surface area contributed by atoms with Crippen LogP contribution >= 0.6 is 0 Å². The summed E-state index contributed by atoms with van der Waals surface area (Å²) in [6.07, 6.45) is 5.20. The van der Waals surface area contributed by atoms with Gasteiger partial charge in [0, 0.05) is 11.8 Å². The molecule has 1 aromatic rings. The predicted octanol–water partition coefficient (Wildman–Crippen LogP) is 3.87. The van der Waals surface area contributed by atoms with Crippen molar-refractivity contribution in [1.29, 1.82) is 0 Å². The Bertz CT molecular complexity index is 615. The van der Waals surface area contributed by atoms with Gasteiger partial charge in [-0.2, -0.15) is 5.10 Å². The Hall–Kier alpha value is -2.51. The summed E-state index contributed by atoms with van der Waals surface area (Å²) in [6, 6.07) is 3.50. The summed E-state index contributed by atoms with van der Waals surface area (Å²) in [7, 11) is 0. The number of benzene rings is 1. The lowest BCUT2D eigenvalue weighted by molar-refractivity contribution is -0.393. The smallest absolute Gasteiger partial charge is 0.272 e. The van der Waals surface area contributed by atoms with E-state index in [9.17, 15) is 20.2 Å². The first-order chi connectivity index (χ1) is 10.5. The summed E-state index contributed by atoms with van der Waals surface area (Å²) in [5.74, 6) is 0.401. The first-order valence-electron chi connectivity index (χ1n) is 7.28. The fourth-order valence-electron chi connectivity index (χ4n) is 2.67. The quantitative estimate of drug-likeness (QED) is 0.655. The van der Waals surface area contributed by atoms with Gasteiger partial charge in [0.2, 0.25) is 0 Å². The number of nitro groups is 2. The molecule has 0 radical (unpaired) electrons. The number of hydrogen-bond acceptors (Lipinski definition) is 6. The highest BCUT2D eigenvalue weighted by atomic mass is 16.6. The Morgan fingerprint density at radius 3 is 2.68 bits per heavy atom. The van der Waals surface area contributed by atoms with Gasteiger partial charge in [-0.05, 0) is 37.7 Å². The molecule has 1 atom stereocenters. The molecular weight excluding hydrogens is 288 g/mol. The van der Waals surface area contributed by atoms with Crippen LogP contribution in [0.1, 0.15) is 39.0 Å². The standard InChI is InChI=1S/C14H18N4O4/c1-2-10-5-3-4-6-12(10)15-16-13-8-7-11(17(19)20)9-14(13)18(21)22/h7-10,16H,2-6H2,1H3/b15-12-. The molecule has 0 heterocycles. The van der Waals surface area contributed by atoms with E-state index in [2.05, 4.69) is 17.5 Å². The van der Waals surface area contributed by atoms with Crippen LogP contribution in [-0.4, -0.2) is 15.6 Å². The molecule has 0 spiro atoms. The number of hydrogen-bond donors (Lipinski definition) is 1. The largest absolute Gasteiger partial charge is 0.301 e. The van der Waals surface area contributed by atoms with Crippen LogP contribution in [0.5, 0.6) is 0 Å². The van der Waals surface area contributed by atoms with Crippen molar-refractivity contribution in [2.75, 3.05) is 5.43 Å². The molecule has 0 aromatic heterocycles. The Balaban J connectivity index is 2.25. The van der Waals surface area contributed by atoms with Crippen LogP contribution in [0, 0.1) is 26.1 Å². The molecule has 0 amide bonds. The van der Waals surface area contributed by atoms with Crippen molar-refractivity contribution >= 4 is 22.8 Å². The van der Waals surface area contributed by atoms with Gasteiger partial charge in [0.05, 0.1) is 15.9 Å². The van der Waals surface area contributed by atoms with Gasteiger partial charge < -0.3 is 0 Å². The first-order valence-corrected chi connectivity index (χ1v) is 7.28. The number of non-ortho nitro benzene ring substituents is 1. The van der Waals surface area contributed by atoms with E-state index in [4.69, 9.17) is 0 Å². The maximum Gasteiger partial charge on any atom is 0.301 e. The fraction of sp³-hybridized carbons (Fsp3) is 0.500. The summed E-state index contributed by atoms with van der Waals surface area (Å²) >= 11 is 0. The normalized spacial score (nSPS) is 19.9. The minimum absolute atomic E-state index is 0.170. The Morgan fingerprint density at radius 2 is 2.05 bits per heavy atom. The Morgan fingerprint density at radius 1 is 1.27 bits per heavy atom. The van der Waals surface area contributed by atoms with Crippen LogP contribution in [0.3, 0.4) is 0 Å². The average Bonchev–Trinajstić information content (AvgIpc) is 2.52. The van der Waals surface area contributed by atoms with Crippen molar-refractivity contribution in [3.63, 3.8) is 0 Å². The lowest BCUT2D eigenvalue weighted by atomic mass is 9.86. The van der Waals surface area contributed by atoms with E-state index in [1.807, 2.05) is 0 Å². The third-order valence-electron chi connectivity index (χ3n) is 3.91. The summed E-state index contributed by atoms with van der Waals surface area (Å²) in [5, 5.41) is 26.1. The van der Waals surface area contributed by atoms with E-state index in [0.717, 1.165) is 37.5 Å². The van der Waals surface area contributed by atoms with Crippen LogP contribution in [-0.2, 0) is 0 Å². The number of nitrogens with one attached hydrogen (secondary N) is 1. The van der Waals surface area contributed by atoms with Crippen molar-refractivity contribution in [3.8, 4) is 0 Å². The second-order valence-corrected chi connectivity index (χ2v) is 5.28. The highest BCUT2D eigenvalue weighted by Crippen LogP contribution is 2.30. The second kappa shape index (κ2) is 6.97. The van der Waals surface area contributed by atoms with Crippen LogP contribution < -0.4 is 5.43 Å². The third kappa shape index (κ3) is 3.57. The van der Waals surface area contributed by atoms with E-state index in [0.29, 0.717) is 5.92 Å². The SMILES string of the molecule is CCC1CCCC/C1=N/Nc1ccc([N+](=O)[O-])cc1[N+](=O)[O-]. The zero-order valence-electron chi connectivity index (χ0n) is 12.3. The molecule has 0 bridgehead atoms. The lowest BCUT2D eigenvalue weighted by Gasteiger charge is -2.22. The zero-order chi connectivity index (χ0) is 16.1. The van der Waals surface area contributed by atoms with E-state index < -0.39 is 9.85 Å². The summed E-state index contributed by atoms with van der Waals surface area (Å²) in [6.45, 7) is 2.10. The molecule has 1 aliphatic carbocycles. The number of hydrazone groups is 1. The van der Waals surface area contributed by atoms with Gasteiger partial charge in [-0.15, -0.1) is 0 Å². The van der Waals surface area contributed by atoms with Gasteiger partial charge >= 0.3 is 5.69 Å². The zero-order valence-corrected chi connectivity index (χ0v) is 12.3. The predicted molar refractivity (Wildman–Crippen MR) is 83.1 cm³/mol. The molecule has 0 saturated heterocycles. The molecule has 1 aliphatic rings. The fourth-order valence-corrected chi connectivity index (χ4v) is 2.67. The molecule has 1 fully saturated rings. The summed E-state index contributed by atoms with van der Waals surface area (Å²) < 4.78 is 0. The van der Waals surface area contributed by atoms with Crippen molar-refractivity contribution in [3.05, 3.63) is 38.4 Å². The van der Waals surface area contributed by atoms with Crippen molar-refractivity contribution in [1.82, 2.24) is 0 Å². The lowest BCUT2D eigenvalue weighted by Crippen LogP contribution is -2.19. The molecule has 8 nitrogen and oxygen atoms in total. The average molecular weight is 306 g/mol. The van der Waals surface area contributed by atoms with E-state index in [1.54, 1.807) is 0 Å². The van der Waals surface area contributed by atoms with Crippen LogP contribution in [0.15, 0.2) is 23.3 Å². The molecule has 1 saturated carbocycles. The number of nitrogens with zero attached hydrogens (tertiary/aromatic N) is 3. The van der Waals surface area contributed by atoms with Gasteiger partial charge in [0.25, 0.3) is 5.69 Å². The highest BCUT2D eigenvalue weighted by Gasteiger charge is 2.21. The first kappa shape index (κ1) is 15.9. The number of anilines is 1. The van der Waals surface area contributed by atoms with Crippen molar-refractivity contribution < 1.29 is 9.85 Å². The van der Waals surface area contributed by atoms with Gasteiger partial charge in [-0.25, -0.2) is 0 Å². The van der Waals surface area contributed by atoms with Gasteiger partial charge in [-0.3, -0.25) is 25.7 Å². The molecule has 118 valence electrons. The molecule has 8 heteroatoms. The Labute approximate surface area is 127 Å². The van der Waals surface area contributed by atoms with E-state index in [-0.39, 0.29) is 17.1 Å². The van der Waals surface area contributed by atoms with Crippen molar-refractivity contribution in [2.45, 2.75) is 39.0 Å². The second-order valence-electron chi connectivity index (χ2n) is 5.28. The molecule has 1 N–H and O–H groups in total. The molecule has 0 aliphatic heterocycles. The molecule has 1 unspecified atom stereocenters. The maximum absolute atomic E-state index is 11.1. The van der Waals surface area contributed by atoms with E-state index >= 15 is 0 Å². The van der Waals surface area contributed by atoms with Gasteiger partial charge in [0.1, 0.15) is 5.69 Å². The van der Waals surface area contributed by atoms with Crippen LogP contribution in [0.25, 0.3) is 0 Å². The highest BCUT2D eigenvalue weighted by molar-refractivity contribution is 5.88. The van der Waals surface area contributed by atoms with Crippen molar-refractivity contribution in [2.24, 2.45) is 11.0 Å². The summed E-state index contributed by atoms with van der Waals surface area (Å²) in [4.78, 5) is 20.5. The molecule has 2 rings (SSSR count). The monoisotopic (exact) mass is 306 g/mol. The van der Waals surface area contributed by atoms with Gasteiger partial charge in [-0.1, -0.05) is 13.3 Å². The number of rotatable bonds is 5. The summed E-state index contributed by atoms with van der Waals surface area (Å²) in [5.41, 5.74) is 3.25. The van der Waals surface area contributed by atoms with Gasteiger partial charge in [0.15, 0.2) is 0 Å². The van der Waals surface area contributed by atoms with Crippen LogP contribution in [0.4, 0.5) is 17.1 Å². The third-order valence-corrected chi connectivity index (χ3v) is 3.91. The maximum atomic E-state index is 11.1. The number of nitro benzene ring substituents is 2. The molecular formula is C14H18N4O4. The van der Waals surface area contributed by atoms with Crippen LogP contribution in [0.2, 0.25) is 0 Å². The minimum atomic E-state index is -0.656. The molecule has 1 aromatic carbocycles. The minimum Gasteiger partial charge on any atom is -0.272 e. The van der Waals surface area contributed by atoms with E-state index in [1.165, 1.54) is 18.6 Å². The topological polar surface area (TPSA) is 111 Å². The molecule has 22 heavy (non-hydrogen) atoms.